The van der Waals surface area contributed by atoms with Crippen molar-refractivity contribution in [3.05, 3.63) is 28.6 Å². The number of aromatic nitrogens is 1. The second-order valence-electron chi connectivity index (χ2n) is 5.39. The Balaban J connectivity index is 1.95. The zero-order valence-electron chi connectivity index (χ0n) is 12.4. The van der Waals surface area contributed by atoms with Crippen molar-refractivity contribution in [2.75, 3.05) is 0 Å². The Kier molecular flexibility index (Phi) is 5.68. The van der Waals surface area contributed by atoms with Crippen LogP contribution in [0.5, 0.6) is 0 Å². The number of nitrogens with zero attached hydrogens (tertiary/aromatic N) is 1. The van der Waals surface area contributed by atoms with Crippen LogP contribution >= 0.6 is 22.7 Å². The van der Waals surface area contributed by atoms with Crippen molar-refractivity contribution in [1.82, 2.24) is 10.3 Å². The highest BCUT2D eigenvalue weighted by Gasteiger charge is 2.21. The van der Waals surface area contributed by atoms with E-state index >= 15 is 0 Å². The van der Waals surface area contributed by atoms with Gasteiger partial charge in [-0.1, -0.05) is 19.9 Å². The van der Waals surface area contributed by atoms with Gasteiger partial charge in [0, 0.05) is 5.38 Å². The van der Waals surface area contributed by atoms with E-state index in [1.165, 1.54) is 11.3 Å². The highest BCUT2D eigenvalue weighted by Crippen LogP contribution is 2.27. The van der Waals surface area contributed by atoms with Gasteiger partial charge in [-0.05, 0) is 23.8 Å². The van der Waals surface area contributed by atoms with Crippen LogP contribution in [-0.4, -0.2) is 28.0 Å². The Morgan fingerprint density at radius 2 is 2.14 bits per heavy atom. The van der Waals surface area contributed by atoms with Gasteiger partial charge in [0.25, 0.3) is 0 Å². The Hall–Kier alpha value is -1.73. The van der Waals surface area contributed by atoms with E-state index in [4.69, 9.17) is 5.11 Å². The van der Waals surface area contributed by atoms with Crippen LogP contribution in [0.25, 0.3) is 9.88 Å². The minimum Gasteiger partial charge on any atom is -0.480 e. The number of carboxylic acid groups (broad SMARTS) is 1. The molecule has 0 aliphatic carbocycles. The number of thiazole rings is 1. The minimum atomic E-state index is -1.00. The van der Waals surface area contributed by atoms with E-state index in [1.54, 1.807) is 11.3 Å². The first-order valence-electron chi connectivity index (χ1n) is 6.96. The van der Waals surface area contributed by atoms with E-state index in [0.717, 1.165) is 9.88 Å². The molecule has 1 atom stereocenters. The summed E-state index contributed by atoms with van der Waals surface area (Å²) in [6.45, 7) is 3.85. The molecule has 2 aromatic heterocycles. The second kappa shape index (κ2) is 7.51. The number of thiophene rings is 1. The summed E-state index contributed by atoms with van der Waals surface area (Å²) in [5.74, 6) is -1.11. The topological polar surface area (TPSA) is 79.3 Å². The molecule has 0 saturated carbocycles. The molecule has 1 amide bonds. The van der Waals surface area contributed by atoms with Crippen LogP contribution in [-0.2, 0) is 16.0 Å². The predicted octanol–water partition coefficient (Wildman–Crippen LogP) is 3.03. The van der Waals surface area contributed by atoms with Crippen LogP contribution in [0.2, 0.25) is 0 Å². The summed E-state index contributed by atoms with van der Waals surface area (Å²) in [6, 6.07) is 3.09. The number of hydrogen-bond donors (Lipinski definition) is 2. The largest absolute Gasteiger partial charge is 0.480 e. The van der Waals surface area contributed by atoms with Gasteiger partial charge in [-0.2, -0.15) is 0 Å². The molecule has 22 heavy (non-hydrogen) atoms. The molecule has 0 fully saturated rings. The molecule has 0 aromatic carbocycles. The number of nitrogens with one attached hydrogen (secondary N) is 1. The summed E-state index contributed by atoms with van der Waals surface area (Å²) < 4.78 is 0. The fourth-order valence-electron chi connectivity index (χ4n) is 2.00. The molecular formula is C15H18N2O3S2. The van der Waals surface area contributed by atoms with Crippen molar-refractivity contribution in [3.63, 3.8) is 0 Å². The number of aliphatic carboxylic acids is 1. The van der Waals surface area contributed by atoms with Gasteiger partial charge < -0.3 is 10.4 Å². The quantitative estimate of drug-likeness (QED) is 0.813. The van der Waals surface area contributed by atoms with E-state index < -0.39 is 12.0 Å². The van der Waals surface area contributed by atoms with Gasteiger partial charge in [0.15, 0.2) is 0 Å². The summed E-state index contributed by atoms with van der Waals surface area (Å²) in [4.78, 5) is 28.6. The number of carbonyl (C=O) groups is 2. The third-order valence-corrected chi connectivity index (χ3v) is 4.90. The maximum absolute atomic E-state index is 12.0. The fraction of sp³-hybridized carbons (Fsp3) is 0.400. The smallest absolute Gasteiger partial charge is 0.326 e. The highest BCUT2D eigenvalue weighted by atomic mass is 32.1. The van der Waals surface area contributed by atoms with Crippen molar-refractivity contribution >= 4 is 34.6 Å². The first kappa shape index (κ1) is 16.6. The zero-order chi connectivity index (χ0) is 16.1. The molecule has 2 aromatic rings. The van der Waals surface area contributed by atoms with Crippen LogP contribution in [0, 0.1) is 5.92 Å². The molecule has 5 nitrogen and oxygen atoms in total. The summed E-state index contributed by atoms with van der Waals surface area (Å²) in [5, 5.41) is 16.4. The molecule has 0 aliphatic heterocycles. The molecule has 0 saturated heterocycles. The van der Waals surface area contributed by atoms with Gasteiger partial charge in [-0.3, -0.25) is 4.79 Å². The fourth-order valence-corrected chi connectivity index (χ4v) is 3.64. The van der Waals surface area contributed by atoms with Gasteiger partial charge >= 0.3 is 5.97 Å². The van der Waals surface area contributed by atoms with Crippen LogP contribution in [0.1, 0.15) is 26.0 Å². The summed E-state index contributed by atoms with van der Waals surface area (Å²) in [7, 11) is 0. The molecule has 2 rings (SSSR count). The van der Waals surface area contributed by atoms with E-state index in [2.05, 4.69) is 10.3 Å². The molecule has 118 valence electrons. The molecular weight excluding hydrogens is 320 g/mol. The lowest BCUT2D eigenvalue weighted by Crippen LogP contribution is -2.42. The van der Waals surface area contributed by atoms with Crippen molar-refractivity contribution in [1.29, 1.82) is 0 Å². The van der Waals surface area contributed by atoms with E-state index in [9.17, 15) is 9.59 Å². The number of carbonyl (C=O) groups excluding carboxylic acids is 1. The molecule has 0 radical (unpaired) electrons. The van der Waals surface area contributed by atoms with Gasteiger partial charge in [0.05, 0.1) is 17.0 Å². The van der Waals surface area contributed by atoms with Gasteiger partial charge in [0.2, 0.25) is 5.91 Å². The Labute approximate surface area is 137 Å². The Morgan fingerprint density at radius 1 is 1.36 bits per heavy atom. The van der Waals surface area contributed by atoms with E-state index in [1.807, 2.05) is 36.7 Å². The normalized spacial score (nSPS) is 12.3. The molecule has 7 heteroatoms. The third-order valence-electron chi connectivity index (χ3n) is 2.97. The van der Waals surface area contributed by atoms with E-state index in [0.29, 0.717) is 12.1 Å². The maximum Gasteiger partial charge on any atom is 0.326 e. The number of amides is 1. The van der Waals surface area contributed by atoms with Crippen molar-refractivity contribution in [3.8, 4) is 9.88 Å². The molecule has 0 bridgehead atoms. The highest BCUT2D eigenvalue weighted by molar-refractivity contribution is 7.20. The van der Waals surface area contributed by atoms with Crippen LogP contribution in [0.3, 0.4) is 0 Å². The number of carboxylic acids is 1. The molecule has 0 spiro atoms. The lowest BCUT2D eigenvalue weighted by atomic mass is 10.0. The summed E-state index contributed by atoms with van der Waals surface area (Å²) in [6.07, 6.45) is 0.516. The van der Waals surface area contributed by atoms with Crippen LogP contribution in [0.4, 0.5) is 0 Å². The van der Waals surface area contributed by atoms with Gasteiger partial charge in [-0.25, -0.2) is 9.78 Å². The van der Waals surface area contributed by atoms with E-state index in [-0.39, 0.29) is 18.2 Å². The first-order chi connectivity index (χ1) is 10.5. The Bertz CT molecular complexity index is 635. The van der Waals surface area contributed by atoms with Crippen molar-refractivity contribution in [2.24, 2.45) is 5.92 Å². The first-order valence-corrected chi connectivity index (χ1v) is 8.72. The SMILES string of the molecule is CC(C)C[C@@H](NC(=O)Cc1csc(-c2cccs2)n1)C(=O)O. The minimum absolute atomic E-state index is 0.101. The van der Waals surface area contributed by atoms with Crippen molar-refractivity contribution in [2.45, 2.75) is 32.7 Å². The number of rotatable bonds is 7. The van der Waals surface area contributed by atoms with Crippen LogP contribution in [0.15, 0.2) is 22.9 Å². The standard InChI is InChI=1S/C15H18N2O3S2/c1-9(2)6-11(15(19)20)17-13(18)7-10-8-22-14(16-10)12-4-3-5-21-12/h3-5,8-9,11H,6-7H2,1-2H3,(H,17,18)(H,19,20)/t11-/m1/s1. The van der Waals surface area contributed by atoms with Crippen molar-refractivity contribution < 1.29 is 14.7 Å². The lowest BCUT2D eigenvalue weighted by Gasteiger charge is -2.16. The molecule has 0 unspecified atom stereocenters. The number of hydrogen-bond acceptors (Lipinski definition) is 5. The summed E-state index contributed by atoms with van der Waals surface area (Å²) in [5.41, 5.74) is 0.666. The van der Waals surface area contributed by atoms with Gasteiger partial charge in [-0.15, -0.1) is 22.7 Å². The lowest BCUT2D eigenvalue weighted by molar-refractivity contribution is -0.142. The zero-order valence-corrected chi connectivity index (χ0v) is 14.0. The third kappa shape index (κ3) is 4.64. The maximum atomic E-state index is 12.0. The average Bonchev–Trinajstić information content (AvgIpc) is 3.07. The predicted molar refractivity (Wildman–Crippen MR) is 88.2 cm³/mol. The average molecular weight is 338 g/mol. The van der Waals surface area contributed by atoms with Gasteiger partial charge in [0.1, 0.15) is 11.0 Å². The molecule has 0 aliphatic rings. The molecule has 2 heterocycles. The Morgan fingerprint density at radius 3 is 2.73 bits per heavy atom. The monoisotopic (exact) mass is 338 g/mol. The van der Waals surface area contributed by atoms with Crippen LogP contribution < -0.4 is 5.32 Å². The summed E-state index contributed by atoms with van der Waals surface area (Å²) >= 11 is 3.09. The molecule has 2 N–H and O–H groups in total. The second-order valence-corrected chi connectivity index (χ2v) is 7.19.